The molecule has 1 aliphatic heterocycles. The second kappa shape index (κ2) is 6.44. The van der Waals surface area contributed by atoms with Gasteiger partial charge in [-0.1, -0.05) is 25.7 Å². The molecule has 20 heavy (non-hydrogen) atoms. The van der Waals surface area contributed by atoms with Gasteiger partial charge in [-0.3, -0.25) is 9.69 Å². The average Bonchev–Trinajstić information content (AvgIpc) is 2.45. The van der Waals surface area contributed by atoms with Crippen molar-refractivity contribution in [1.29, 1.82) is 0 Å². The molecular formula is C16H31N3O. The van der Waals surface area contributed by atoms with Crippen molar-refractivity contribution in [2.45, 2.75) is 76.3 Å². The van der Waals surface area contributed by atoms with Crippen LogP contribution in [0.3, 0.4) is 0 Å². The summed E-state index contributed by atoms with van der Waals surface area (Å²) >= 11 is 0. The third-order valence-electron chi connectivity index (χ3n) is 4.97. The minimum Gasteiger partial charge on any atom is -0.353 e. The van der Waals surface area contributed by atoms with Gasteiger partial charge in [-0.2, -0.15) is 0 Å². The highest BCUT2D eigenvalue weighted by atomic mass is 16.2. The number of carbonyl (C=O) groups excluding carboxylic acids is 1. The van der Waals surface area contributed by atoms with Crippen LogP contribution in [0.15, 0.2) is 0 Å². The second-order valence-corrected chi connectivity index (χ2v) is 7.24. The van der Waals surface area contributed by atoms with Crippen LogP contribution in [0.1, 0.15) is 65.2 Å². The lowest BCUT2D eigenvalue weighted by molar-refractivity contribution is -0.126. The summed E-state index contributed by atoms with van der Waals surface area (Å²) in [4.78, 5) is 14.7. The fourth-order valence-electron chi connectivity index (χ4n) is 3.66. The Morgan fingerprint density at radius 1 is 1.10 bits per heavy atom. The van der Waals surface area contributed by atoms with Gasteiger partial charge in [0.05, 0.1) is 5.54 Å². The molecule has 1 amide bonds. The maximum Gasteiger partial charge on any atom is 0.239 e. The molecule has 0 atom stereocenters. The van der Waals surface area contributed by atoms with E-state index in [-0.39, 0.29) is 11.4 Å². The molecule has 1 saturated heterocycles. The number of amides is 1. The van der Waals surface area contributed by atoms with E-state index in [1.165, 1.54) is 64.5 Å². The number of hydrogen-bond donors (Lipinski definition) is 2. The van der Waals surface area contributed by atoms with Crippen molar-refractivity contribution >= 4 is 5.91 Å². The molecule has 1 heterocycles. The van der Waals surface area contributed by atoms with Crippen molar-refractivity contribution < 1.29 is 4.79 Å². The summed E-state index contributed by atoms with van der Waals surface area (Å²) < 4.78 is 0. The van der Waals surface area contributed by atoms with Gasteiger partial charge in [0, 0.05) is 12.1 Å². The largest absolute Gasteiger partial charge is 0.353 e. The normalized spacial score (nSPS) is 24.4. The van der Waals surface area contributed by atoms with Crippen molar-refractivity contribution in [3.05, 3.63) is 0 Å². The average molecular weight is 281 g/mol. The molecule has 1 aliphatic carbocycles. The smallest absolute Gasteiger partial charge is 0.239 e. The molecular weight excluding hydrogens is 250 g/mol. The summed E-state index contributed by atoms with van der Waals surface area (Å²) in [7, 11) is 0. The Morgan fingerprint density at radius 3 is 2.20 bits per heavy atom. The molecule has 116 valence electrons. The summed E-state index contributed by atoms with van der Waals surface area (Å²) in [6.45, 7) is 6.71. The molecule has 0 radical (unpaired) electrons. The Labute approximate surface area is 123 Å². The fraction of sp³-hybridized carbons (Fsp3) is 0.938. The van der Waals surface area contributed by atoms with Crippen LogP contribution in [0.25, 0.3) is 0 Å². The summed E-state index contributed by atoms with van der Waals surface area (Å²) in [5.41, 5.74) is 5.30. The number of nitrogens with two attached hydrogens (primary N) is 1. The first-order valence-corrected chi connectivity index (χ1v) is 8.26. The standard InChI is InChI=1S/C16H31N3O/c1-15(2,17)14(20)18-13-16(9-5-3-6-10-16)19-11-7-4-8-12-19/h3-13,17H2,1-2H3,(H,18,20). The van der Waals surface area contributed by atoms with Gasteiger partial charge in [0.25, 0.3) is 0 Å². The highest BCUT2D eigenvalue weighted by Crippen LogP contribution is 2.35. The molecule has 3 N–H and O–H groups in total. The van der Waals surface area contributed by atoms with Gasteiger partial charge >= 0.3 is 0 Å². The van der Waals surface area contributed by atoms with Crippen LogP contribution in [0.4, 0.5) is 0 Å². The van der Waals surface area contributed by atoms with Crippen molar-refractivity contribution in [3.8, 4) is 0 Å². The van der Waals surface area contributed by atoms with Crippen LogP contribution in [0, 0.1) is 0 Å². The molecule has 0 aromatic carbocycles. The third kappa shape index (κ3) is 3.73. The minimum absolute atomic E-state index is 0.0283. The molecule has 2 rings (SSSR count). The Morgan fingerprint density at radius 2 is 1.65 bits per heavy atom. The zero-order valence-electron chi connectivity index (χ0n) is 13.2. The Hall–Kier alpha value is -0.610. The zero-order chi connectivity index (χ0) is 14.6. The van der Waals surface area contributed by atoms with Crippen LogP contribution in [0.2, 0.25) is 0 Å². The molecule has 2 fully saturated rings. The van der Waals surface area contributed by atoms with E-state index in [1.807, 2.05) is 0 Å². The summed E-state index contributed by atoms with van der Waals surface area (Å²) in [5, 5.41) is 3.12. The van der Waals surface area contributed by atoms with E-state index in [0.29, 0.717) is 0 Å². The number of hydrogen-bond acceptors (Lipinski definition) is 3. The maximum atomic E-state index is 12.1. The van der Waals surface area contributed by atoms with Gasteiger partial charge in [0.1, 0.15) is 0 Å². The van der Waals surface area contributed by atoms with E-state index in [2.05, 4.69) is 10.2 Å². The second-order valence-electron chi connectivity index (χ2n) is 7.24. The lowest BCUT2D eigenvalue weighted by Crippen LogP contribution is -2.60. The molecule has 0 aromatic heterocycles. The minimum atomic E-state index is -0.780. The number of carbonyl (C=O) groups is 1. The van der Waals surface area contributed by atoms with E-state index in [0.717, 1.165) is 6.54 Å². The summed E-state index contributed by atoms with van der Waals surface area (Å²) in [5.74, 6) is -0.0283. The van der Waals surface area contributed by atoms with Gasteiger partial charge in [-0.25, -0.2) is 0 Å². The van der Waals surface area contributed by atoms with Crippen molar-refractivity contribution in [2.75, 3.05) is 19.6 Å². The van der Waals surface area contributed by atoms with Gasteiger partial charge in [-0.05, 0) is 52.6 Å². The van der Waals surface area contributed by atoms with E-state index >= 15 is 0 Å². The first kappa shape index (κ1) is 15.8. The number of piperidine rings is 1. The predicted molar refractivity (Wildman–Crippen MR) is 82.5 cm³/mol. The van der Waals surface area contributed by atoms with E-state index in [1.54, 1.807) is 13.8 Å². The highest BCUT2D eigenvalue weighted by Gasteiger charge is 2.39. The SMILES string of the molecule is CC(C)(N)C(=O)NCC1(N2CCCCC2)CCCCC1. The Balaban J connectivity index is 2.01. The predicted octanol–water partition coefficient (Wildman–Crippen LogP) is 2.03. The van der Waals surface area contributed by atoms with Crippen LogP contribution < -0.4 is 11.1 Å². The molecule has 4 heteroatoms. The van der Waals surface area contributed by atoms with Gasteiger partial charge in [-0.15, -0.1) is 0 Å². The van der Waals surface area contributed by atoms with Crippen molar-refractivity contribution in [1.82, 2.24) is 10.2 Å². The monoisotopic (exact) mass is 281 g/mol. The van der Waals surface area contributed by atoms with E-state index in [9.17, 15) is 4.79 Å². The molecule has 0 unspecified atom stereocenters. The summed E-state index contributed by atoms with van der Waals surface area (Å²) in [6.07, 6.45) is 10.3. The van der Waals surface area contributed by atoms with E-state index in [4.69, 9.17) is 5.73 Å². The lowest BCUT2D eigenvalue weighted by atomic mass is 9.79. The molecule has 4 nitrogen and oxygen atoms in total. The van der Waals surface area contributed by atoms with Crippen LogP contribution in [0.5, 0.6) is 0 Å². The number of nitrogens with one attached hydrogen (secondary N) is 1. The summed E-state index contributed by atoms with van der Waals surface area (Å²) in [6, 6.07) is 0. The fourth-order valence-corrected chi connectivity index (χ4v) is 3.66. The molecule has 0 bridgehead atoms. The zero-order valence-corrected chi connectivity index (χ0v) is 13.2. The first-order chi connectivity index (χ1) is 9.44. The van der Waals surface area contributed by atoms with Gasteiger partial charge in [0.2, 0.25) is 5.91 Å². The first-order valence-electron chi connectivity index (χ1n) is 8.26. The number of nitrogens with zero attached hydrogens (tertiary/aromatic N) is 1. The molecule has 0 spiro atoms. The lowest BCUT2D eigenvalue weighted by Gasteiger charge is -2.48. The van der Waals surface area contributed by atoms with Crippen LogP contribution in [-0.2, 0) is 4.79 Å². The van der Waals surface area contributed by atoms with Crippen LogP contribution in [-0.4, -0.2) is 41.5 Å². The van der Waals surface area contributed by atoms with Crippen LogP contribution >= 0.6 is 0 Å². The molecule has 2 aliphatic rings. The Kier molecular flexibility index (Phi) is 5.08. The van der Waals surface area contributed by atoms with Crippen molar-refractivity contribution in [2.24, 2.45) is 5.73 Å². The maximum absolute atomic E-state index is 12.1. The van der Waals surface area contributed by atoms with E-state index < -0.39 is 5.54 Å². The van der Waals surface area contributed by atoms with Gasteiger partial charge < -0.3 is 11.1 Å². The third-order valence-corrected chi connectivity index (χ3v) is 4.97. The molecule has 1 saturated carbocycles. The quantitative estimate of drug-likeness (QED) is 0.829. The highest BCUT2D eigenvalue weighted by molar-refractivity contribution is 5.85. The molecule has 0 aromatic rings. The number of rotatable bonds is 4. The number of likely N-dealkylation sites (tertiary alicyclic amines) is 1. The van der Waals surface area contributed by atoms with Crippen molar-refractivity contribution in [3.63, 3.8) is 0 Å². The topological polar surface area (TPSA) is 58.4 Å². The van der Waals surface area contributed by atoms with Gasteiger partial charge in [0.15, 0.2) is 0 Å². The Bertz CT molecular complexity index is 323.